The van der Waals surface area contributed by atoms with Crippen molar-refractivity contribution in [2.24, 2.45) is 5.92 Å². The number of nitrogens with zero attached hydrogens (tertiary/aromatic N) is 3. The van der Waals surface area contributed by atoms with E-state index < -0.39 is 28.6 Å². The molecule has 0 radical (unpaired) electrons. The van der Waals surface area contributed by atoms with Gasteiger partial charge < -0.3 is 5.32 Å². The number of benzene rings is 1. The van der Waals surface area contributed by atoms with Gasteiger partial charge in [-0.25, -0.2) is 0 Å². The van der Waals surface area contributed by atoms with Gasteiger partial charge in [-0.3, -0.25) is 24.3 Å². The molecule has 0 aliphatic carbocycles. The molecule has 0 fully saturated rings. The third-order valence-corrected chi connectivity index (χ3v) is 3.96. The summed E-state index contributed by atoms with van der Waals surface area (Å²) in [6, 6.07) is 11.7. The van der Waals surface area contributed by atoms with Gasteiger partial charge in [-0.15, -0.1) is 0 Å². The maximum atomic E-state index is 12.5. The van der Waals surface area contributed by atoms with Crippen LogP contribution < -0.4 is 10.9 Å². The van der Waals surface area contributed by atoms with E-state index in [4.69, 9.17) is 5.26 Å². The first-order valence-corrected chi connectivity index (χ1v) is 8.45. The van der Waals surface area contributed by atoms with E-state index in [-0.39, 0.29) is 11.6 Å². The van der Waals surface area contributed by atoms with Crippen LogP contribution in [0.15, 0.2) is 47.4 Å². The number of pyridine rings is 1. The monoisotopic (exact) mass is 368 g/mol. The molecular formula is C19H20N4O4. The molecular weight excluding hydrogens is 348 g/mol. The first-order chi connectivity index (χ1) is 12.8. The van der Waals surface area contributed by atoms with Gasteiger partial charge in [0, 0.05) is 6.07 Å². The summed E-state index contributed by atoms with van der Waals surface area (Å²) in [7, 11) is 0. The standard InChI is InChI=1S/C19H20N4O4/c1-13(2)8-17(14-6-4-3-5-7-14)21-18(24)12-22-11-16(23(26)27)9-15(10-20)19(22)25/h3-7,9,11,13,17H,8,12H2,1-2H3,(H,21,24)/t17-/m0/s1. The zero-order chi connectivity index (χ0) is 20.0. The minimum Gasteiger partial charge on any atom is -0.348 e. The summed E-state index contributed by atoms with van der Waals surface area (Å²) in [4.78, 5) is 34.9. The lowest BCUT2D eigenvalue weighted by Gasteiger charge is -2.21. The minimum absolute atomic E-state index is 0.247. The number of nitriles is 1. The van der Waals surface area contributed by atoms with Gasteiger partial charge in [-0.1, -0.05) is 44.2 Å². The Labute approximate surface area is 156 Å². The number of hydrogen-bond donors (Lipinski definition) is 1. The smallest absolute Gasteiger partial charge is 0.287 e. The molecule has 8 nitrogen and oxygen atoms in total. The third-order valence-electron chi connectivity index (χ3n) is 3.96. The first-order valence-electron chi connectivity index (χ1n) is 8.45. The third kappa shape index (κ3) is 5.25. The van der Waals surface area contributed by atoms with Crippen LogP contribution in [-0.2, 0) is 11.3 Å². The fraction of sp³-hybridized carbons (Fsp3) is 0.316. The highest BCUT2D eigenvalue weighted by molar-refractivity contribution is 5.76. The summed E-state index contributed by atoms with van der Waals surface area (Å²) < 4.78 is 0.892. The van der Waals surface area contributed by atoms with Gasteiger partial charge in [0.15, 0.2) is 0 Å². The molecule has 27 heavy (non-hydrogen) atoms. The second-order valence-electron chi connectivity index (χ2n) is 6.57. The highest BCUT2D eigenvalue weighted by Crippen LogP contribution is 2.21. The van der Waals surface area contributed by atoms with Crippen LogP contribution in [0.1, 0.15) is 37.4 Å². The predicted octanol–water partition coefficient (Wildman–Crippen LogP) is 2.53. The van der Waals surface area contributed by atoms with E-state index >= 15 is 0 Å². The normalized spacial score (nSPS) is 11.6. The van der Waals surface area contributed by atoms with Crippen LogP contribution in [0.3, 0.4) is 0 Å². The molecule has 2 rings (SSSR count). The zero-order valence-corrected chi connectivity index (χ0v) is 15.1. The quantitative estimate of drug-likeness (QED) is 0.595. The molecule has 0 saturated carbocycles. The highest BCUT2D eigenvalue weighted by atomic mass is 16.6. The van der Waals surface area contributed by atoms with Crippen molar-refractivity contribution < 1.29 is 9.72 Å². The summed E-state index contributed by atoms with van der Waals surface area (Å²) in [6.07, 6.45) is 1.67. The Morgan fingerprint density at radius 3 is 2.56 bits per heavy atom. The number of hydrogen-bond acceptors (Lipinski definition) is 5. The van der Waals surface area contributed by atoms with Crippen LogP contribution in [0, 0.1) is 27.4 Å². The summed E-state index contributed by atoms with van der Waals surface area (Å²) in [6.45, 7) is 3.66. The SMILES string of the molecule is CC(C)C[C@H](NC(=O)Cn1cc([N+](=O)[O-])cc(C#N)c1=O)c1ccccc1. The van der Waals surface area contributed by atoms with Crippen molar-refractivity contribution in [1.82, 2.24) is 9.88 Å². The van der Waals surface area contributed by atoms with Gasteiger partial charge in [0.2, 0.25) is 5.91 Å². The lowest BCUT2D eigenvalue weighted by Crippen LogP contribution is -2.35. The lowest BCUT2D eigenvalue weighted by atomic mass is 9.97. The Bertz CT molecular complexity index is 929. The highest BCUT2D eigenvalue weighted by Gasteiger charge is 2.19. The Morgan fingerprint density at radius 1 is 1.33 bits per heavy atom. The average molecular weight is 368 g/mol. The maximum Gasteiger partial charge on any atom is 0.287 e. The number of rotatable bonds is 7. The van der Waals surface area contributed by atoms with E-state index in [1.54, 1.807) is 6.07 Å². The Balaban J connectivity index is 2.25. The fourth-order valence-corrected chi connectivity index (χ4v) is 2.75. The zero-order valence-electron chi connectivity index (χ0n) is 15.1. The molecule has 1 N–H and O–H groups in total. The van der Waals surface area contributed by atoms with Crippen LogP contribution in [-0.4, -0.2) is 15.4 Å². The van der Waals surface area contributed by atoms with E-state index in [2.05, 4.69) is 5.32 Å². The summed E-state index contributed by atoms with van der Waals surface area (Å²) >= 11 is 0. The molecule has 0 aliphatic heterocycles. The van der Waals surface area contributed by atoms with Crippen LogP contribution in [0.4, 0.5) is 5.69 Å². The molecule has 0 aliphatic rings. The molecule has 2 aromatic rings. The van der Waals surface area contributed by atoms with Crippen molar-refractivity contribution in [3.8, 4) is 6.07 Å². The minimum atomic E-state index is -0.738. The molecule has 0 spiro atoms. The van der Waals surface area contributed by atoms with Crippen molar-refractivity contribution in [2.75, 3.05) is 0 Å². The van der Waals surface area contributed by atoms with Gasteiger partial charge in [-0.2, -0.15) is 5.26 Å². The average Bonchev–Trinajstić information content (AvgIpc) is 2.63. The van der Waals surface area contributed by atoms with Crippen LogP contribution in [0.25, 0.3) is 0 Å². The molecule has 1 amide bonds. The van der Waals surface area contributed by atoms with Crippen molar-refractivity contribution >= 4 is 11.6 Å². The van der Waals surface area contributed by atoms with Gasteiger partial charge in [-0.05, 0) is 17.9 Å². The topological polar surface area (TPSA) is 118 Å². The first kappa shape index (κ1) is 19.8. The molecule has 1 aromatic carbocycles. The lowest BCUT2D eigenvalue weighted by molar-refractivity contribution is -0.385. The Morgan fingerprint density at radius 2 is 2.00 bits per heavy atom. The molecule has 8 heteroatoms. The van der Waals surface area contributed by atoms with Crippen LogP contribution >= 0.6 is 0 Å². The van der Waals surface area contributed by atoms with Gasteiger partial charge in [0.25, 0.3) is 11.2 Å². The summed E-state index contributed by atoms with van der Waals surface area (Å²) in [5.74, 6) is -0.141. The van der Waals surface area contributed by atoms with Crippen molar-refractivity contribution in [1.29, 1.82) is 5.26 Å². The van der Waals surface area contributed by atoms with Gasteiger partial charge in [0.05, 0.1) is 17.2 Å². The number of aromatic nitrogens is 1. The molecule has 0 unspecified atom stereocenters. The summed E-state index contributed by atoms with van der Waals surface area (Å²) in [5.41, 5.74) is -0.596. The van der Waals surface area contributed by atoms with Gasteiger partial charge in [0.1, 0.15) is 18.2 Å². The van der Waals surface area contributed by atoms with E-state index in [9.17, 15) is 19.7 Å². The van der Waals surface area contributed by atoms with E-state index in [1.807, 2.05) is 44.2 Å². The number of carbonyl (C=O) groups excluding carboxylic acids is 1. The Hall–Kier alpha value is -3.47. The second-order valence-corrected chi connectivity index (χ2v) is 6.57. The number of nitrogens with one attached hydrogen (secondary N) is 1. The van der Waals surface area contributed by atoms with Crippen LogP contribution in [0.2, 0.25) is 0 Å². The van der Waals surface area contributed by atoms with E-state index in [0.29, 0.717) is 12.3 Å². The van der Waals surface area contributed by atoms with Crippen molar-refractivity contribution in [2.45, 2.75) is 32.9 Å². The summed E-state index contributed by atoms with van der Waals surface area (Å²) in [5, 5.41) is 22.8. The van der Waals surface area contributed by atoms with Crippen LogP contribution in [0.5, 0.6) is 0 Å². The molecule has 1 atom stereocenters. The van der Waals surface area contributed by atoms with Gasteiger partial charge >= 0.3 is 0 Å². The van der Waals surface area contributed by atoms with Crippen molar-refractivity contribution in [3.63, 3.8) is 0 Å². The number of nitro groups is 1. The predicted molar refractivity (Wildman–Crippen MR) is 98.9 cm³/mol. The largest absolute Gasteiger partial charge is 0.348 e. The fourth-order valence-electron chi connectivity index (χ4n) is 2.75. The Kier molecular flexibility index (Phi) is 6.44. The number of amides is 1. The molecule has 140 valence electrons. The molecule has 0 bridgehead atoms. The maximum absolute atomic E-state index is 12.5. The van der Waals surface area contributed by atoms with E-state index in [1.165, 1.54) is 0 Å². The van der Waals surface area contributed by atoms with E-state index in [0.717, 1.165) is 22.4 Å². The molecule has 1 heterocycles. The second kappa shape index (κ2) is 8.76. The molecule has 1 aromatic heterocycles. The van der Waals surface area contributed by atoms with Crippen molar-refractivity contribution in [3.05, 3.63) is 74.2 Å². The number of carbonyl (C=O) groups is 1. The molecule has 0 saturated heterocycles.